The first-order chi connectivity index (χ1) is 11.1. The molecule has 1 rings (SSSR count). The van der Waals surface area contributed by atoms with Crippen LogP contribution in [0.5, 0.6) is 0 Å². The Bertz CT molecular complexity index is 497. The topological polar surface area (TPSA) is 87.4 Å². The number of aliphatic hydroxyl groups is 1. The van der Waals surface area contributed by atoms with Crippen molar-refractivity contribution in [2.24, 2.45) is 11.7 Å². The number of nitrogens with two attached hydrogens (primary N) is 1. The molecule has 1 amide bonds. The summed E-state index contributed by atoms with van der Waals surface area (Å²) in [6.07, 6.45) is -0.448. The summed E-state index contributed by atoms with van der Waals surface area (Å²) in [5.74, 6) is 0.145. The van der Waals surface area contributed by atoms with Crippen LogP contribution in [0.25, 0.3) is 0 Å². The molecule has 0 aliphatic rings. The van der Waals surface area contributed by atoms with Crippen LogP contribution in [-0.2, 0) is 11.2 Å². The molecule has 3 atom stereocenters. The van der Waals surface area contributed by atoms with Gasteiger partial charge in [0.15, 0.2) is 0 Å². The predicted octanol–water partition coefficient (Wildman–Crippen LogP) is 1.45. The Hall–Kier alpha value is -1.43. The van der Waals surface area contributed by atoms with E-state index in [0.717, 1.165) is 5.56 Å². The second-order valence-electron chi connectivity index (χ2n) is 7.86. The fourth-order valence-electron chi connectivity index (χ4n) is 2.43. The molecule has 1 aromatic carbocycles. The largest absolute Gasteiger partial charge is 0.389 e. The van der Waals surface area contributed by atoms with E-state index in [4.69, 9.17) is 5.73 Å². The van der Waals surface area contributed by atoms with E-state index in [1.54, 1.807) is 0 Å². The van der Waals surface area contributed by atoms with Gasteiger partial charge in [-0.3, -0.25) is 4.79 Å². The van der Waals surface area contributed by atoms with Gasteiger partial charge in [-0.15, -0.1) is 0 Å². The molecule has 0 bridgehead atoms. The van der Waals surface area contributed by atoms with E-state index in [-0.39, 0.29) is 11.4 Å². The number of rotatable bonds is 8. The van der Waals surface area contributed by atoms with Crippen LogP contribution in [0.2, 0.25) is 0 Å². The number of carbonyl (C=O) groups is 1. The molecule has 5 N–H and O–H groups in total. The van der Waals surface area contributed by atoms with Gasteiger partial charge < -0.3 is 21.5 Å². The van der Waals surface area contributed by atoms with Gasteiger partial charge in [0.2, 0.25) is 5.91 Å². The predicted molar refractivity (Wildman–Crippen MR) is 98.7 cm³/mol. The van der Waals surface area contributed by atoms with Crippen LogP contribution in [0.3, 0.4) is 0 Å². The van der Waals surface area contributed by atoms with E-state index >= 15 is 0 Å². The van der Waals surface area contributed by atoms with Crippen molar-refractivity contribution in [2.75, 3.05) is 6.54 Å². The average Bonchev–Trinajstić information content (AvgIpc) is 2.46. The Kier molecular flexibility index (Phi) is 7.87. The molecule has 0 radical (unpaired) electrons. The molecule has 0 saturated carbocycles. The lowest BCUT2D eigenvalue weighted by Crippen LogP contribution is -2.60. The lowest BCUT2D eigenvalue weighted by Gasteiger charge is -2.31. The summed E-state index contributed by atoms with van der Waals surface area (Å²) in [6.45, 7) is 10.5. The number of carbonyl (C=O) groups excluding carboxylic acids is 1. The van der Waals surface area contributed by atoms with E-state index in [1.807, 2.05) is 51.1 Å². The van der Waals surface area contributed by atoms with Gasteiger partial charge in [-0.2, -0.15) is 0 Å². The molecule has 0 aliphatic carbocycles. The first-order valence-electron chi connectivity index (χ1n) is 8.63. The van der Waals surface area contributed by atoms with Crippen LogP contribution < -0.4 is 16.4 Å². The van der Waals surface area contributed by atoms with Gasteiger partial charge in [0.1, 0.15) is 6.04 Å². The molecule has 0 fully saturated rings. The fraction of sp³-hybridized carbons (Fsp3) is 0.632. The van der Waals surface area contributed by atoms with Crippen LogP contribution >= 0.6 is 0 Å². The standard InChI is InChI=1S/C19H33N3O2/c1-13(2)12-21-16(18(24)22-19(3,4)5)17(23)15(20)11-14-9-7-6-8-10-14/h6-10,13,15-17,21,23H,11-12,20H2,1-5H3,(H,22,24). The average molecular weight is 335 g/mol. The Morgan fingerprint density at radius 3 is 2.29 bits per heavy atom. The molecule has 5 heteroatoms. The van der Waals surface area contributed by atoms with Gasteiger partial charge in [-0.1, -0.05) is 44.2 Å². The summed E-state index contributed by atoms with van der Waals surface area (Å²) in [5.41, 5.74) is 6.87. The van der Waals surface area contributed by atoms with Crippen molar-refractivity contribution >= 4 is 5.91 Å². The fourth-order valence-corrected chi connectivity index (χ4v) is 2.43. The number of nitrogens with one attached hydrogen (secondary N) is 2. The van der Waals surface area contributed by atoms with E-state index in [0.29, 0.717) is 18.9 Å². The van der Waals surface area contributed by atoms with Crippen molar-refractivity contribution in [3.63, 3.8) is 0 Å². The second-order valence-corrected chi connectivity index (χ2v) is 7.86. The molecule has 0 aromatic heterocycles. The van der Waals surface area contributed by atoms with Crippen LogP contribution in [0, 0.1) is 5.92 Å². The van der Waals surface area contributed by atoms with Crippen molar-refractivity contribution in [2.45, 2.75) is 64.8 Å². The normalized spacial score (nSPS) is 15.8. The second kappa shape index (κ2) is 9.16. The molecule has 3 unspecified atom stereocenters. The number of benzene rings is 1. The van der Waals surface area contributed by atoms with Gasteiger partial charge >= 0.3 is 0 Å². The highest BCUT2D eigenvalue weighted by molar-refractivity contribution is 5.83. The first kappa shape index (κ1) is 20.6. The summed E-state index contributed by atoms with van der Waals surface area (Å²) in [5, 5.41) is 16.8. The van der Waals surface area contributed by atoms with Crippen LogP contribution in [0.1, 0.15) is 40.2 Å². The van der Waals surface area contributed by atoms with E-state index in [2.05, 4.69) is 24.5 Å². The molecule has 0 spiro atoms. The highest BCUT2D eigenvalue weighted by Gasteiger charge is 2.32. The van der Waals surface area contributed by atoms with Crippen molar-refractivity contribution in [1.29, 1.82) is 0 Å². The van der Waals surface area contributed by atoms with Crippen LogP contribution in [0.4, 0.5) is 0 Å². The van der Waals surface area contributed by atoms with Crippen molar-refractivity contribution in [3.8, 4) is 0 Å². The monoisotopic (exact) mass is 335 g/mol. The number of aliphatic hydroxyl groups excluding tert-OH is 1. The summed E-state index contributed by atoms with van der Waals surface area (Å²) in [4.78, 5) is 12.6. The number of hydrogen-bond acceptors (Lipinski definition) is 4. The van der Waals surface area contributed by atoms with E-state index in [1.165, 1.54) is 0 Å². The molecule has 0 heterocycles. The molecule has 0 saturated heterocycles. The number of hydrogen-bond donors (Lipinski definition) is 4. The third-order valence-electron chi connectivity index (χ3n) is 3.62. The quantitative estimate of drug-likeness (QED) is 0.579. The molecule has 24 heavy (non-hydrogen) atoms. The zero-order chi connectivity index (χ0) is 18.3. The molecular weight excluding hydrogens is 302 g/mol. The van der Waals surface area contributed by atoms with Crippen LogP contribution in [-0.4, -0.2) is 41.3 Å². The minimum atomic E-state index is -0.966. The maximum absolute atomic E-state index is 12.6. The van der Waals surface area contributed by atoms with E-state index < -0.39 is 18.2 Å². The first-order valence-corrected chi connectivity index (χ1v) is 8.63. The van der Waals surface area contributed by atoms with Gasteiger partial charge in [-0.25, -0.2) is 0 Å². The molecule has 136 valence electrons. The summed E-state index contributed by atoms with van der Waals surface area (Å²) >= 11 is 0. The highest BCUT2D eigenvalue weighted by Crippen LogP contribution is 2.09. The Labute approximate surface area is 146 Å². The number of amides is 1. The molecular formula is C19H33N3O2. The summed E-state index contributed by atoms with van der Waals surface area (Å²) in [7, 11) is 0. The van der Waals surface area contributed by atoms with Crippen molar-refractivity contribution in [1.82, 2.24) is 10.6 Å². The minimum absolute atomic E-state index is 0.223. The third kappa shape index (κ3) is 7.43. The van der Waals surface area contributed by atoms with Crippen molar-refractivity contribution in [3.05, 3.63) is 35.9 Å². The van der Waals surface area contributed by atoms with Gasteiger partial charge in [0.05, 0.1) is 6.10 Å². The zero-order valence-electron chi connectivity index (χ0n) is 15.5. The van der Waals surface area contributed by atoms with Gasteiger partial charge in [0.25, 0.3) is 0 Å². The highest BCUT2D eigenvalue weighted by atomic mass is 16.3. The van der Waals surface area contributed by atoms with Gasteiger partial charge in [-0.05, 0) is 45.2 Å². The SMILES string of the molecule is CC(C)CNC(C(=O)NC(C)(C)C)C(O)C(N)Cc1ccccc1. The molecule has 5 nitrogen and oxygen atoms in total. The Balaban J connectivity index is 2.81. The summed E-state index contributed by atoms with van der Waals surface area (Å²) < 4.78 is 0. The Morgan fingerprint density at radius 2 is 1.79 bits per heavy atom. The zero-order valence-corrected chi connectivity index (χ0v) is 15.5. The Morgan fingerprint density at radius 1 is 1.21 bits per heavy atom. The maximum atomic E-state index is 12.6. The molecule has 0 aliphatic heterocycles. The summed E-state index contributed by atoms with van der Waals surface area (Å²) in [6, 6.07) is 8.50. The van der Waals surface area contributed by atoms with Crippen LogP contribution in [0.15, 0.2) is 30.3 Å². The minimum Gasteiger partial charge on any atom is -0.389 e. The van der Waals surface area contributed by atoms with Crippen molar-refractivity contribution < 1.29 is 9.90 Å². The third-order valence-corrected chi connectivity index (χ3v) is 3.62. The molecule has 1 aromatic rings. The lowest BCUT2D eigenvalue weighted by atomic mass is 9.95. The van der Waals surface area contributed by atoms with Gasteiger partial charge in [0, 0.05) is 11.6 Å². The lowest BCUT2D eigenvalue weighted by molar-refractivity contribution is -0.127. The maximum Gasteiger partial charge on any atom is 0.240 e. The van der Waals surface area contributed by atoms with E-state index in [9.17, 15) is 9.90 Å². The smallest absolute Gasteiger partial charge is 0.240 e.